The molecule has 1 rings (SSSR count). The molecule has 2 N–H and O–H groups in total. The fourth-order valence-corrected chi connectivity index (χ4v) is 2.51. The summed E-state index contributed by atoms with van der Waals surface area (Å²) in [6.07, 6.45) is 4.23. The standard InChI is InChI=1S/C12H21N3O2S/c1-8(2)5-9(7-16)14-11(17)10-6-13-15(3)12(10)18-4/h6,8-9,16H,5,7H2,1-4H3,(H,14,17). The molecule has 0 aromatic carbocycles. The van der Waals surface area contributed by atoms with E-state index in [1.54, 1.807) is 17.9 Å². The van der Waals surface area contributed by atoms with Crippen molar-refractivity contribution in [3.8, 4) is 0 Å². The molecule has 0 radical (unpaired) electrons. The van der Waals surface area contributed by atoms with Crippen molar-refractivity contribution in [1.29, 1.82) is 0 Å². The lowest BCUT2D eigenvalue weighted by Crippen LogP contribution is -2.38. The van der Waals surface area contributed by atoms with Crippen molar-refractivity contribution in [1.82, 2.24) is 15.1 Å². The van der Waals surface area contributed by atoms with E-state index in [0.717, 1.165) is 11.4 Å². The van der Waals surface area contributed by atoms with Gasteiger partial charge in [-0.05, 0) is 18.6 Å². The Bertz CT molecular complexity index is 404. The van der Waals surface area contributed by atoms with Crippen LogP contribution in [0.2, 0.25) is 0 Å². The summed E-state index contributed by atoms with van der Waals surface area (Å²) >= 11 is 1.48. The van der Waals surface area contributed by atoms with E-state index in [-0.39, 0.29) is 18.6 Å². The highest BCUT2D eigenvalue weighted by molar-refractivity contribution is 7.98. The summed E-state index contributed by atoms with van der Waals surface area (Å²) in [5.41, 5.74) is 0.562. The van der Waals surface area contributed by atoms with Gasteiger partial charge in [-0.25, -0.2) is 0 Å². The van der Waals surface area contributed by atoms with Crippen LogP contribution >= 0.6 is 11.8 Å². The third-order valence-corrected chi connectivity index (χ3v) is 3.50. The van der Waals surface area contributed by atoms with Crippen LogP contribution in [0.15, 0.2) is 11.2 Å². The molecule has 18 heavy (non-hydrogen) atoms. The summed E-state index contributed by atoms with van der Waals surface area (Å²) < 4.78 is 1.68. The summed E-state index contributed by atoms with van der Waals surface area (Å²) in [5.74, 6) is 0.253. The Balaban J connectivity index is 2.74. The predicted octanol–water partition coefficient (Wildman–Crippen LogP) is 1.28. The Hall–Kier alpha value is -1.01. The van der Waals surface area contributed by atoms with Gasteiger partial charge in [0.2, 0.25) is 0 Å². The number of aryl methyl sites for hydroxylation is 1. The van der Waals surface area contributed by atoms with Crippen LogP contribution in [0.25, 0.3) is 0 Å². The second-order valence-corrected chi connectivity index (χ2v) is 5.47. The Morgan fingerprint density at radius 2 is 2.28 bits per heavy atom. The van der Waals surface area contributed by atoms with E-state index in [2.05, 4.69) is 24.3 Å². The lowest BCUT2D eigenvalue weighted by Gasteiger charge is -2.18. The SMILES string of the molecule is CSc1c(C(=O)NC(CO)CC(C)C)cnn1C. The molecule has 1 unspecified atom stereocenters. The summed E-state index contributed by atoms with van der Waals surface area (Å²) in [6.45, 7) is 4.08. The lowest BCUT2D eigenvalue weighted by atomic mass is 10.0. The van der Waals surface area contributed by atoms with Crippen molar-refractivity contribution < 1.29 is 9.90 Å². The molecule has 0 aliphatic carbocycles. The molecule has 1 aromatic heterocycles. The molecule has 6 heteroatoms. The number of aliphatic hydroxyl groups excluding tert-OH is 1. The molecule has 1 amide bonds. The van der Waals surface area contributed by atoms with Crippen LogP contribution in [-0.4, -0.2) is 39.7 Å². The van der Waals surface area contributed by atoms with E-state index in [4.69, 9.17) is 0 Å². The zero-order valence-corrected chi connectivity index (χ0v) is 12.1. The lowest BCUT2D eigenvalue weighted by molar-refractivity contribution is 0.0905. The second kappa shape index (κ2) is 6.80. The van der Waals surface area contributed by atoms with Crippen molar-refractivity contribution in [3.05, 3.63) is 11.8 Å². The molecule has 0 fully saturated rings. The second-order valence-electron chi connectivity index (χ2n) is 4.67. The van der Waals surface area contributed by atoms with E-state index in [1.807, 2.05) is 6.26 Å². The van der Waals surface area contributed by atoms with Gasteiger partial charge in [-0.15, -0.1) is 11.8 Å². The average molecular weight is 271 g/mol. The van der Waals surface area contributed by atoms with Gasteiger partial charge in [-0.3, -0.25) is 9.48 Å². The maximum Gasteiger partial charge on any atom is 0.255 e. The smallest absolute Gasteiger partial charge is 0.255 e. The summed E-state index contributed by atoms with van der Waals surface area (Å²) in [7, 11) is 1.81. The Morgan fingerprint density at radius 1 is 1.61 bits per heavy atom. The minimum absolute atomic E-state index is 0.0429. The molecule has 1 aromatic rings. The summed E-state index contributed by atoms with van der Waals surface area (Å²) in [4.78, 5) is 12.1. The Kier molecular flexibility index (Phi) is 5.68. The van der Waals surface area contributed by atoms with Crippen LogP contribution in [-0.2, 0) is 7.05 Å². The number of rotatable bonds is 6. The maximum absolute atomic E-state index is 12.1. The van der Waals surface area contributed by atoms with Crippen molar-refractivity contribution in [2.75, 3.05) is 12.9 Å². The molecule has 0 aliphatic rings. The van der Waals surface area contributed by atoms with Gasteiger partial charge in [0.25, 0.3) is 5.91 Å². The van der Waals surface area contributed by atoms with Crippen molar-refractivity contribution >= 4 is 17.7 Å². The van der Waals surface area contributed by atoms with E-state index in [0.29, 0.717) is 11.5 Å². The van der Waals surface area contributed by atoms with E-state index in [1.165, 1.54) is 11.8 Å². The number of hydrogen-bond acceptors (Lipinski definition) is 4. The zero-order chi connectivity index (χ0) is 13.7. The van der Waals surface area contributed by atoms with Crippen molar-refractivity contribution in [2.24, 2.45) is 13.0 Å². The first kappa shape index (κ1) is 15.0. The molecule has 0 spiro atoms. The number of nitrogens with zero attached hydrogens (tertiary/aromatic N) is 2. The topological polar surface area (TPSA) is 67.2 Å². The van der Waals surface area contributed by atoms with Crippen LogP contribution < -0.4 is 5.32 Å². The van der Waals surface area contributed by atoms with Crippen molar-refractivity contribution in [2.45, 2.75) is 31.3 Å². The number of aromatic nitrogens is 2. The van der Waals surface area contributed by atoms with Gasteiger partial charge in [-0.1, -0.05) is 13.8 Å². The Labute approximate surface area is 112 Å². The number of hydrogen-bond donors (Lipinski definition) is 2. The normalized spacial score (nSPS) is 12.8. The average Bonchev–Trinajstić information content (AvgIpc) is 2.68. The number of nitrogens with one attached hydrogen (secondary N) is 1. The van der Waals surface area contributed by atoms with Crippen LogP contribution in [0.4, 0.5) is 0 Å². The molecule has 0 bridgehead atoms. The monoisotopic (exact) mass is 271 g/mol. The molecular weight excluding hydrogens is 250 g/mol. The van der Waals surface area contributed by atoms with Gasteiger partial charge in [0.05, 0.1) is 24.4 Å². The highest BCUT2D eigenvalue weighted by Crippen LogP contribution is 2.19. The molecule has 102 valence electrons. The highest BCUT2D eigenvalue weighted by atomic mass is 32.2. The number of carbonyl (C=O) groups is 1. The van der Waals surface area contributed by atoms with E-state index < -0.39 is 0 Å². The molecule has 5 nitrogen and oxygen atoms in total. The molecule has 1 heterocycles. The highest BCUT2D eigenvalue weighted by Gasteiger charge is 2.19. The first-order valence-corrected chi connectivity index (χ1v) is 7.19. The van der Waals surface area contributed by atoms with Crippen LogP contribution in [0.1, 0.15) is 30.6 Å². The summed E-state index contributed by atoms with van der Waals surface area (Å²) in [5, 5.41) is 17.0. The quantitative estimate of drug-likeness (QED) is 0.765. The molecule has 0 saturated heterocycles. The third-order valence-electron chi connectivity index (χ3n) is 2.63. The minimum atomic E-state index is -0.201. The summed E-state index contributed by atoms with van der Waals surface area (Å²) in [6, 6.07) is -0.201. The van der Waals surface area contributed by atoms with Gasteiger partial charge in [0.1, 0.15) is 5.03 Å². The largest absolute Gasteiger partial charge is 0.394 e. The maximum atomic E-state index is 12.1. The van der Waals surface area contributed by atoms with Gasteiger partial charge in [-0.2, -0.15) is 5.10 Å². The fourth-order valence-electron chi connectivity index (χ4n) is 1.84. The van der Waals surface area contributed by atoms with Gasteiger partial charge in [0, 0.05) is 7.05 Å². The van der Waals surface area contributed by atoms with Gasteiger partial charge in [0.15, 0.2) is 0 Å². The number of amides is 1. The zero-order valence-electron chi connectivity index (χ0n) is 11.3. The predicted molar refractivity (Wildman–Crippen MR) is 72.8 cm³/mol. The third kappa shape index (κ3) is 3.74. The van der Waals surface area contributed by atoms with E-state index in [9.17, 15) is 9.90 Å². The Morgan fingerprint density at radius 3 is 2.78 bits per heavy atom. The molecular formula is C12H21N3O2S. The molecule has 0 saturated carbocycles. The van der Waals surface area contributed by atoms with Crippen LogP contribution in [0, 0.1) is 5.92 Å². The van der Waals surface area contributed by atoms with Crippen molar-refractivity contribution in [3.63, 3.8) is 0 Å². The fraction of sp³-hybridized carbons (Fsp3) is 0.667. The molecule has 0 aliphatic heterocycles. The number of thioether (sulfide) groups is 1. The molecule has 1 atom stereocenters. The van der Waals surface area contributed by atoms with Gasteiger partial charge >= 0.3 is 0 Å². The van der Waals surface area contributed by atoms with E-state index >= 15 is 0 Å². The number of carbonyl (C=O) groups excluding carboxylic acids is 1. The first-order chi connectivity index (χ1) is 8.49. The van der Waals surface area contributed by atoms with Crippen LogP contribution in [0.5, 0.6) is 0 Å². The van der Waals surface area contributed by atoms with Crippen LogP contribution in [0.3, 0.4) is 0 Å². The minimum Gasteiger partial charge on any atom is -0.394 e. The van der Waals surface area contributed by atoms with Gasteiger partial charge < -0.3 is 10.4 Å². The number of aliphatic hydroxyl groups is 1. The first-order valence-electron chi connectivity index (χ1n) is 5.97.